The van der Waals surface area contributed by atoms with Gasteiger partial charge in [0.2, 0.25) is 0 Å². The number of phenols is 1. The van der Waals surface area contributed by atoms with Gasteiger partial charge in [0, 0.05) is 25.3 Å². The molecule has 0 spiro atoms. The summed E-state index contributed by atoms with van der Waals surface area (Å²) in [6, 6.07) is 5.40. The minimum absolute atomic E-state index is 0.136. The van der Waals surface area contributed by atoms with Crippen molar-refractivity contribution in [2.24, 2.45) is 10.9 Å². The van der Waals surface area contributed by atoms with E-state index in [1.807, 2.05) is 19.1 Å². The zero-order valence-electron chi connectivity index (χ0n) is 15.3. The number of phenolic OH excluding ortho intramolecular Hbond substituents is 1. The van der Waals surface area contributed by atoms with Crippen molar-refractivity contribution in [2.75, 3.05) is 33.4 Å². The van der Waals surface area contributed by atoms with Crippen molar-refractivity contribution in [3.63, 3.8) is 0 Å². The molecule has 0 fully saturated rings. The SMILES string of the molecule is CCNC(=NCc1cccc(OC)c1O)NCCOCCC(C)C. The average Bonchev–Trinajstić information content (AvgIpc) is 2.56. The summed E-state index contributed by atoms with van der Waals surface area (Å²) in [7, 11) is 1.53. The molecule has 1 aromatic rings. The van der Waals surface area contributed by atoms with Crippen molar-refractivity contribution in [2.45, 2.75) is 33.7 Å². The molecule has 0 heterocycles. The predicted molar refractivity (Wildman–Crippen MR) is 97.8 cm³/mol. The van der Waals surface area contributed by atoms with E-state index in [0.717, 1.165) is 25.1 Å². The lowest BCUT2D eigenvalue weighted by atomic mass is 10.1. The molecule has 24 heavy (non-hydrogen) atoms. The van der Waals surface area contributed by atoms with Gasteiger partial charge in [-0.15, -0.1) is 0 Å². The molecule has 3 N–H and O–H groups in total. The minimum atomic E-state index is 0.136. The van der Waals surface area contributed by atoms with Gasteiger partial charge in [-0.2, -0.15) is 0 Å². The maximum atomic E-state index is 10.1. The summed E-state index contributed by atoms with van der Waals surface area (Å²) in [5.74, 6) is 1.95. The van der Waals surface area contributed by atoms with E-state index in [1.165, 1.54) is 7.11 Å². The van der Waals surface area contributed by atoms with Crippen molar-refractivity contribution in [3.8, 4) is 11.5 Å². The van der Waals surface area contributed by atoms with Crippen LogP contribution in [0.2, 0.25) is 0 Å². The van der Waals surface area contributed by atoms with Crippen molar-refractivity contribution in [1.82, 2.24) is 10.6 Å². The first kappa shape index (κ1) is 20.1. The van der Waals surface area contributed by atoms with E-state index in [2.05, 4.69) is 29.5 Å². The topological polar surface area (TPSA) is 75.1 Å². The summed E-state index contributed by atoms with van der Waals surface area (Å²) in [6.45, 7) is 9.63. The Labute approximate surface area is 145 Å². The fraction of sp³-hybridized carbons (Fsp3) is 0.611. The van der Waals surface area contributed by atoms with Crippen LogP contribution in [0.4, 0.5) is 0 Å². The summed E-state index contributed by atoms with van der Waals surface area (Å²) in [4.78, 5) is 4.49. The van der Waals surface area contributed by atoms with Crippen LogP contribution in [0.15, 0.2) is 23.2 Å². The van der Waals surface area contributed by atoms with Gasteiger partial charge in [0.25, 0.3) is 0 Å². The lowest BCUT2D eigenvalue weighted by Gasteiger charge is -2.12. The number of ether oxygens (including phenoxy) is 2. The summed E-state index contributed by atoms with van der Waals surface area (Å²) in [5.41, 5.74) is 0.722. The van der Waals surface area contributed by atoms with E-state index >= 15 is 0 Å². The molecule has 0 unspecified atom stereocenters. The first-order valence-electron chi connectivity index (χ1n) is 8.53. The van der Waals surface area contributed by atoms with E-state index < -0.39 is 0 Å². The molecule has 1 rings (SSSR count). The van der Waals surface area contributed by atoms with E-state index in [0.29, 0.717) is 37.3 Å². The quantitative estimate of drug-likeness (QED) is 0.347. The van der Waals surface area contributed by atoms with Crippen molar-refractivity contribution in [1.29, 1.82) is 0 Å². The average molecular weight is 337 g/mol. The largest absolute Gasteiger partial charge is 0.504 e. The van der Waals surface area contributed by atoms with Gasteiger partial charge in [0.15, 0.2) is 17.5 Å². The molecule has 1 aromatic carbocycles. The highest BCUT2D eigenvalue weighted by Crippen LogP contribution is 2.29. The molecular formula is C18H31N3O3. The van der Waals surface area contributed by atoms with Crippen LogP contribution in [0.1, 0.15) is 32.8 Å². The molecule has 0 radical (unpaired) electrons. The first-order valence-corrected chi connectivity index (χ1v) is 8.53. The van der Waals surface area contributed by atoms with Gasteiger partial charge in [0.05, 0.1) is 20.3 Å². The molecule has 6 nitrogen and oxygen atoms in total. The lowest BCUT2D eigenvalue weighted by molar-refractivity contribution is 0.128. The summed E-state index contributed by atoms with van der Waals surface area (Å²) >= 11 is 0. The van der Waals surface area contributed by atoms with E-state index in [1.54, 1.807) is 6.07 Å². The maximum Gasteiger partial charge on any atom is 0.191 e. The molecule has 0 saturated heterocycles. The van der Waals surface area contributed by atoms with Gasteiger partial charge in [-0.05, 0) is 25.3 Å². The second-order valence-electron chi connectivity index (χ2n) is 5.88. The molecule has 0 aliphatic heterocycles. The third kappa shape index (κ3) is 7.55. The molecule has 0 aromatic heterocycles. The van der Waals surface area contributed by atoms with Crippen LogP contribution >= 0.6 is 0 Å². The van der Waals surface area contributed by atoms with Crippen molar-refractivity contribution >= 4 is 5.96 Å². The van der Waals surface area contributed by atoms with Gasteiger partial charge in [-0.1, -0.05) is 26.0 Å². The summed E-state index contributed by atoms with van der Waals surface area (Å²) in [6.07, 6.45) is 1.07. The number of guanidine groups is 1. The van der Waals surface area contributed by atoms with Crippen LogP contribution < -0.4 is 15.4 Å². The monoisotopic (exact) mass is 337 g/mol. The number of benzene rings is 1. The fourth-order valence-corrected chi connectivity index (χ4v) is 2.03. The molecule has 0 aliphatic carbocycles. The van der Waals surface area contributed by atoms with Crippen LogP contribution in [0.25, 0.3) is 0 Å². The van der Waals surface area contributed by atoms with E-state index in [4.69, 9.17) is 9.47 Å². The second kappa shape index (κ2) is 11.6. The van der Waals surface area contributed by atoms with Crippen LogP contribution in [-0.4, -0.2) is 44.5 Å². The van der Waals surface area contributed by atoms with Gasteiger partial charge in [-0.25, -0.2) is 4.99 Å². The number of aliphatic imine (C=N–C) groups is 1. The Morgan fingerprint density at radius 1 is 1.25 bits per heavy atom. The smallest absolute Gasteiger partial charge is 0.191 e. The summed E-state index contributed by atoms with van der Waals surface area (Å²) in [5, 5.41) is 16.5. The van der Waals surface area contributed by atoms with Crippen LogP contribution in [0.3, 0.4) is 0 Å². The van der Waals surface area contributed by atoms with Crippen LogP contribution in [0.5, 0.6) is 11.5 Å². The Morgan fingerprint density at radius 3 is 2.71 bits per heavy atom. The van der Waals surface area contributed by atoms with Gasteiger partial charge in [-0.3, -0.25) is 0 Å². The van der Waals surface area contributed by atoms with Gasteiger partial charge >= 0.3 is 0 Å². The van der Waals surface area contributed by atoms with Gasteiger partial charge < -0.3 is 25.2 Å². The number of nitrogens with one attached hydrogen (secondary N) is 2. The van der Waals surface area contributed by atoms with Crippen LogP contribution in [0, 0.1) is 5.92 Å². The highest BCUT2D eigenvalue weighted by Gasteiger charge is 2.07. The molecule has 0 amide bonds. The molecule has 6 heteroatoms. The zero-order chi connectivity index (χ0) is 17.8. The molecule has 136 valence electrons. The molecule has 0 atom stereocenters. The normalized spacial score (nSPS) is 11.6. The Bertz CT molecular complexity index is 504. The first-order chi connectivity index (χ1) is 11.6. The maximum absolute atomic E-state index is 10.1. The number of aromatic hydroxyl groups is 1. The number of rotatable bonds is 10. The number of hydrogen-bond donors (Lipinski definition) is 3. The van der Waals surface area contributed by atoms with Crippen LogP contribution in [-0.2, 0) is 11.3 Å². The Hall–Kier alpha value is -1.95. The lowest BCUT2D eigenvalue weighted by Crippen LogP contribution is -2.39. The highest BCUT2D eigenvalue weighted by atomic mass is 16.5. The molecule has 0 aliphatic rings. The highest BCUT2D eigenvalue weighted by molar-refractivity contribution is 5.79. The number of nitrogens with zero attached hydrogens (tertiary/aromatic N) is 1. The second-order valence-corrected chi connectivity index (χ2v) is 5.88. The molecule has 0 bridgehead atoms. The standard InChI is InChI=1S/C18H31N3O3/c1-5-19-18(20-10-12-24-11-9-14(2)3)21-13-15-7-6-8-16(23-4)17(15)22/h6-8,14,22H,5,9-13H2,1-4H3,(H2,19,20,21). The fourth-order valence-electron chi connectivity index (χ4n) is 2.03. The number of para-hydroxylation sites is 1. The predicted octanol–water partition coefficient (Wildman–Crippen LogP) is 2.52. The Kier molecular flexibility index (Phi) is 9.68. The van der Waals surface area contributed by atoms with E-state index in [-0.39, 0.29) is 5.75 Å². The van der Waals surface area contributed by atoms with E-state index in [9.17, 15) is 5.11 Å². The van der Waals surface area contributed by atoms with Gasteiger partial charge in [0.1, 0.15) is 0 Å². The zero-order valence-corrected chi connectivity index (χ0v) is 15.3. The molecular weight excluding hydrogens is 306 g/mol. The number of hydrogen-bond acceptors (Lipinski definition) is 4. The Balaban J connectivity index is 2.48. The Morgan fingerprint density at radius 2 is 2.04 bits per heavy atom. The minimum Gasteiger partial charge on any atom is -0.504 e. The van der Waals surface area contributed by atoms with Crippen molar-refractivity contribution in [3.05, 3.63) is 23.8 Å². The van der Waals surface area contributed by atoms with Crippen molar-refractivity contribution < 1.29 is 14.6 Å². The number of methoxy groups -OCH3 is 1. The third-order valence-electron chi connectivity index (χ3n) is 3.43. The third-order valence-corrected chi connectivity index (χ3v) is 3.43. The summed E-state index contributed by atoms with van der Waals surface area (Å²) < 4.78 is 10.7. The molecule has 0 saturated carbocycles.